The van der Waals surface area contributed by atoms with E-state index in [0.717, 1.165) is 19.5 Å². The molecular formula is C19H29N3O3S. The lowest BCUT2D eigenvalue weighted by Gasteiger charge is -2.50. The predicted molar refractivity (Wildman–Crippen MR) is 102 cm³/mol. The van der Waals surface area contributed by atoms with Crippen LogP contribution in [0.2, 0.25) is 0 Å². The van der Waals surface area contributed by atoms with Gasteiger partial charge in [-0.25, -0.2) is 12.7 Å². The Labute approximate surface area is 156 Å². The average Bonchev–Trinajstić information content (AvgIpc) is 2.94. The number of sulfonamides is 1. The van der Waals surface area contributed by atoms with E-state index in [9.17, 15) is 13.2 Å². The summed E-state index contributed by atoms with van der Waals surface area (Å²) in [6.07, 6.45) is 1.59. The number of carbonyl (C=O) groups is 1. The first kappa shape index (κ1) is 19.3. The number of amides is 1. The van der Waals surface area contributed by atoms with Gasteiger partial charge in [-0.05, 0) is 31.5 Å². The number of carbonyl (C=O) groups excluding carboxylic acids is 1. The fraction of sp³-hybridized carbons (Fsp3) is 0.632. The van der Waals surface area contributed by atoms with E-state index in [1.165, 1.54) is 0 Å². The number of benzene rings is 1. The van der Waals surface area contributed by atoms with Crippen molar-refractivity contribution in [2.75, 3.05) is 45.5 Å². The van der Waals surface area contributed by atoms with E-state index in [4.69, 9.17) is 0 Å². The SMILES string of the molecule is CCCCS(=O)(=O)N1CC2(CN(C)CC2CNC(=O)c2ccccc2)C1. The van der Waals surface area contributed by atoms with Crippen molar-refractivity contribution in [3.8, 4) is 0 Å². The number of rotatable bonds is 7. The summed E-state index contributed by atoms with van der Waals surface area (Å²) in [6, 6.07) is 9.20. The first-order valence-electron chi connectivity index (χ1n) is 9.36. The molecule has 1 N–H and O–H groups in total. The lowest BCUT2D eigenvalue weighted by atomic mass is 9.73. The predicted octanol–water partition coefficient (Wildman–Crippen LogP) is 1.41. The van der Waals surface area contributed by atoms with Crippen LogP contribution in [0.4, 0.5) is 0 Å². The van der Waals surface area contributed by atoms with Crippen molar-refractivity contribution in [2.24, 2.45) is 11.3 Å². The van der Waals surface area contributed by atoms with Crippen LogP contribution in [0, 0.1) is 11.3 Å². The lowest BCUT2D eigenvalue weighted by molar-refractivity contribution is 0.0400. The minimum atomic E-state index is -3.14. The highest BCUT2D eigenvalue weighted by Crippen LogP contribution is 2.44. The Morgan fingerprint density at radius 1 is 1.23 bits per heavy atom. The van der Waals surface area contributed by atoms with Crippen LogP contribution in [0.15, 0.2) is 30.3 Å². The molecule has 2 aliphatic rings. The van der Waals surface area contributed by atoms with Crippen molar-refractivity contribution in [2.45, 2.75) is 19.8 Å². The van der Waals surface area contributed by atoms with Gasteiger partial charge in [-0.15, -0.1) is 0 Å². The maximum absolute atomic E-state index is 12.4. The Hall–Kier alpha value is -1.44. The Morgan fingerprint density at radius 3 is 2.58 bits per heavy atom. The fourth-order valence-corrected chi connectivity index (χ4v) is 5.98. The fourth-order valence-electron chi connectivity index (χ4n) is 4.16. The second-order valence-electron chi connectivity index (χ2n) is 7.77. The van der Waals surface area contributed by atoms with Crippen molar-refractivity contribution in [3.63, 3.8) is 0 Å². The van der Waals surface area contributed by atoms with Gasteiger partial charge in [0.15, 0.2) is 0 Å². The van der Waals surface area contributed by atoms with E-state index in [1.807, 2.05) is 25.1 Å². The molecule has 2 aliphatic heterocycles. The zero-order valence-electron chi connectivity index (χ0n) is 15.6. The molecule has 0 bridgehead atoms. The third-order valence-electron chi connectivity index (χ3n) is 5.66. The first-order valence-corrected chi connectivity index (χ1v) is 11.0. The van der Waals surface area contributed by atoms with E-state index >= 15 is 0 Å². The average molecular weight is 380 g/mol. The minimum absolute atomic E-state index is 0.0298. The van der Waals surface area contributed by atoms with Gasteiger partial charge in [-0.3, -0.25) is 4.79 Å². The molecule has 1 amide bonds. The molecular weight excluding hydrogens is 350 g/mol. The number of hydrogen-bond donors (Lipinski definition) is 1. The zero-order chi connectivity index (χ0) is 18.8. The molecule has 0 aromatic heterocycles. The van der Waals surface area contributed by atoms with E-state index in [1.54, 1.807) is 16.4 Å². The van der Waals surface area contributed by atoms with Crippen LogP contribution in [0.5, 0.6) is 0 Å². The topological polar surface area (TPSA) is 69.7 Å². The maximum Gasteiger partial charge on any atom is 0.251 e. The number of nitrogens with zero attached hydrogens (tertiary/aromatic N) is 2. The molecule has 0 saturated carbocycles. The van der Waals surface area contributed by atoms with Crippen LogP contribution in [0.1, 0.15) is 30.1 Å². The Kier molecular flexibility index (Phi) is 5.69. The molecule has 1 aromatic carbocycles. The Bertz CT molecular complexity index is 730. The molecule has 3 rings (SSSR count). The molecule has 2 saturated heterocycles. The molecule has 2 heterocycles. The van der Waals surface area contributed by atoms with Crippen molar-refractivity contribution in [1.29, 1.82) is 0 Å². The molecule has 0 aliphatic carbocycles. The van der Waals surface area contributed by atoms with Gasteiger partial charge >= 0.3 is 0 Å². The summed E-state index contributed by atoms with van der Waals surface area (Å²) in [7, 11) is -1.07. The van der Waals surface area contributed by atoms with Gasteiger partial charge < -0.3 is 10.2 Å². The van der Waals surface area contributed by atoms with Crippen LogP contribution >= 0.6 is 0 Å². The third-order valence-corrected chi connectivity index (χ3v) is 7.51. The van der Waals surface area contributed by atoms with Gasteiger partial charge in [0.1, 0.15) is 0 Å². The van der Waals surface area contributed by atoms with Crippen LogP contribution in [-0.4, -0.2) is 69.1 Å². The molecule has 144 valence electrons. The number of likely N-dealkylation sites (tertiary alicyclic amines) is 1. The molecule has 0 radical (unpaired) electrons. The van der Waals surface area contributed by atoms with Crippen molar-refractivity contribution in [3.05, 3.63) is 35.9 Å². The largest absolute Gasteiger partial charge is 0.352 e. The van der Waals surface area contributed by atoms with Gasteiger partial charge in [0.2, 0.25) is 10.0 Å². The third kappa shape index (κ3) is 3.94. The smallest absolute Gasteiger partial charge is 0.251 e. The van der Waals surface area contributed by atoms with Gasteiger partial charge in [0.25, 0.3) is 5.91 Å². The summed E-state index contributed by atoms with van der Waals surface area (Å²) >= 11 is 0. The quantitative estimate of drug-likeness (QED) is 0.778. The van der Waals surface area contributed by atoms with Crippen LogP contribution in [-0.2, 0) is 10.0 Å². The van der Waals surface area contributed by atoms with E-state index in [2.05, 4.69) is 17.3 Å². The van der Waals surface area contributed by atoms with E-state index < -0.39 is 10.0 Å². The summed E-state index contributed by atoms with van der Waals surface area (Å²) < 4.78 is 26.4. The normalized spacial score (nSPS) is 23.1. The Balaban J connectivity index is 1.59. The minimum Gasteiger partial charge on any atom is -0.352 e. The summed E-state index contributed by atoms with van der Waals surface area (Å²) in [5.74, 6) is 0.449. The lowest BCUT2D eigenvalue weighted by Crippen LogP contribution is -2.63. The van der Waals surface area contributed by atoms with Crippen LogP contribution in [0.3, 0.4) is 0 Å². The summed E-state index contributed by atoms with van der Waals surface area (Å²) in [5.41, 5.74) is 0.628. The summed E-state index contributed by atoms with van der Waals surface area (Å²) in [6.45, 7) is 5.52. The van der Waals surface area contributed by atoms with Gasteiger partial charge in [0.05, 0.1) is 5.75 Å². The second-order valence-corrected chi connectivity index (χ2v) is 9.86. The van der Waals surface area contributed by atoms with Gasteiger partial charge in [0, 0.05) is 43.7 Å². The number of nitrogens with one attached hydrogen (secondary N) is 1. The number of hydrogen-bond acceptors (Lipinski definition) is 4. The zero-order valence-corrected chi connectivity index (χ0v) is 16.5. The summed E-state index contributed by atoms with van der Waals surface area (Å²) in [4.78, 5) is 14.6. The molecule has 1 unspecified atom stereocenters. The van der Waals surface area contributed by atoms with Gasteiger partial charge in [-0.1, -0.05) is 31.5 Å². The highest BCUT2D eigenvalue weighted by molar-refractivity contribution is 7.89. The van der Waals surface area contributed by atoms with E-state index in [-0.39, 0.29) is 23.0 Å². The Morgan fingerprint density at radius 2 is 1.92 bits per heavy atom. The molecule has 6 nitrogen and oxygen atoms in total. The molecule has 1 atom stereocenters. The van der Waals surface area contributed by atoms with Crippen LogP contribution < -0.4 is 5.32 Å². The van der Waals surface area contributed by atoms with Crippen molar-refractivity contribution >= 4 is 15.9 Å². The monoisotopic (exact) mass is 379 g/mol. The van der Waals surface area contributed by atoms with Crippen molar-refractivity contribution < 1.29 is 13.2 Å². The van der Waals surface area contributed by atoms with E-state index in [0.29, 0.717) is 31.6 Å². The molecule has 26 heavy (non-hydrogen) atoms. The van der Waals surface area contributed by atoms with Gasteiger partial charge in [-0.2, -0.15) is 0 Å². The standard InChI is InChI=1S/C19H29N3O3S/c1-3-4-10-26(24,25)22-14-19(15-22)13-21(2)12-17(19)11-20-18(23)16-8-6-5-7-9-16/h5-9,17H,3-4,10-15H2,1-2H3,(H,20,23). The highest BCUT2D eigenvalue weighted by Gasteiger charge is 2.55. The molecule has 1 aromatic rings. The maximum atomic E-state index is 12.4. The van der Waals surface area contributed by atoms with Crippen molar-refractivity contribution in [1.82, 2.24) is 14.5 Å². The molecule has 2 fully saturated rings. The molecule has 7 heteroatoms. The van der Waals surface area contributed by atoms with Crippen LogP contribution in [0.25, 0.3) is 0 Å². The number of unbranched alkanes of at least 4 members (excludes halogenated alkanes) is 1. The highest BCUT2D eigenvalue weighted by atomic mass is 32.2. The second kappa shape index (κ2) is 7.66. The summed E-state index contributed by atoms with van der Waals surface area (Å²) in [5, 5.41) is 3.04. The first-order chi connectivity index (χ1) is 12.4. The molecule has 1 spiro atoms.